The molecular formula is C13H16N4O. The molecule has 5 heteroatoms. The van der Waals surface area contributed by atoms with E-state index in [1.165, 1.54) is 5.56 Å². The second kappa shape index (κ2) is 5.44. The van der Waals surface area contributed by atoms with Gasteiger partial charge in [0.15, 0.2) is 0 Å². The first-order chi connectivity index (χ1) is 8.66. The van der Waals surface area contributed by atoms with Gasteiger partial charge < -0.3 is 5.32 Å². The second-order valence-electron chi connectivity index (χ2n) is 4.27. The monoisotopic (exact) mass is 244 g/mol. The lowest BCUT2D eigenvalue weighted by molar-refractivity contribution is 0.0941. The third kappa shape index (κ3) is 2.94. The van der Waals surface area contributed by atoms with Gasteiger partial charge in [-0.25, -0.2) is 4.98 Å². The number of aromatic amines is 1. The first-order valence-corrected chi connectivity index (χ1v) is 5.89. The van der Waals surface area contributed by atoms with Crippen molar-refractivity contribution in [3.63, 3.8) is 0 Å². The van der Waals surface area contributed by atoms with Crippen molar-refractivity contribution in [2.24, 2.45) is 0 Å². The van der Waals surface area contributed by atoms with Crippen LogP contribution in [0, 0.1) is 6.92 Å². The second-order valence-corrected chi connectivity index (χ2v) is 4.27. The van der Waals surface area contributed by atoms with Crippen LogP contribution in [0.3, 0.4) is 0 Å². The molecule has 0 radical (unpaired) electrons. The number of carbonyl (C=O) groups excluding carboxylic acids is 1. The first-order valence-electron chi connectivity index (χ1n) is 5.89. The summed E-state index contributed by atoms with van der Waals surface area (Å²) in [6.45, 7) is 4.39. The normalized spacial score (nSPS) is 12.1. The Balaban J connectivity index is 1.90. The molecule has 0 aliphatic heterocycles. The van der Waals surface area contributed by atoms with E-state index >= 15 is 0 Å². The molecule has 1 atom stereocenters. The molecule has 2 N–H and O–H groups in total. The molecule has 94 valence electrons. The number of nitrogens with one attached hydrogen (secondary N) is 2. The highest BCUT2D eigenvalue weighted by Crippen LogP contribution is 2.12. The highest BCUT2D eigenvalue weighted by molar-refractivity contribution is 5.90. The van der Waals surface area contributed by atoms with Crippen LogP contribution in [0.5, 0.6) is 0 Å². The van der Waals surface area contributed by atoms with Crippen molar-refractivity contribution >= 4 is 5.91 Å². The summed E-state index contributed by atoms with van der Waals surface area (Å²) in [5, 5.41) is 9.29. The number of benzene rings is 1. The Bertz CT molecular complexity index is 521. The number of aromatic nitrogens is 3. The number of aryl methyl sites for hydroxylation is 1. The average Bonchev–Trinajstić information content (AvgIpc) is 2.83. The molecule has 0 fully saturated rings. The van der Waals surface area contributed by atoms with E-state index in [1.54, 1.807) is 6.92 Å². The molecule has 1 unspecified atom stereocenters. The number of H-pyrrole nitrogens is 1. The molecule has 2 rings (SSSR count). The summed E-state index contributed by atoms with van der Waals surface area (Å²) < 4.78 is 0. The molecule has 1 aromatic carbocycles. The minimum Gasteiger partial charge on any atom is -0.349 e. The standard InChI is InChI=1S/C13H16N4O/c1-9(11-6-4-3-5-7-11)8-14-13(18)12-15-10(2)16-17-12/h3-7,9H,8H2,1-2H3,(H,14,18)(H,15,16,17). The lowest BCUT2D eigenvalue weighted by Crippen LogP contribution is -2.28. The van der Waals surface area contributed by atoms with E-state index in [1.807, 2.05) is 30.3 Å². The summed E-state index contributed by atoms with van der Waals surface area (Å²) in [4.78, 5) is 15.7. The van der Waals surface area contributed by atoms with Crippen LogP contribution in [-0.4, -0.2) is 27.6 Å². The maximum absolute atomic E-state index is 11.7. The zero-order valence-electron chi connectivity index (χ0n) is 10.5. The quantitative estimate of drug-likeness (QED) is 0.859. The molecule has 0 aliphatic rings. The number of amides is 1. The van der Waals surface area contributed by atoms with Crippen molar-refractivity contribution in [1.29, 1.82) is 0 Å². The highest BCUT2D eigenvalue weighted by atomic mass is 16.2. The Labute approximate surface area is 106 Å². The van der Waals surface area contributed by atoms with Gasteiger partial charge in [-0.15, -0.1) is 5.10 Å². The third-order valence-electron chi connectivity index (χ3n) is 2.74. The summed E-state index contributed by atoms with van der Waals surface area (Å²) >= 11 is 0. The van der Waals surface area contributed by atoms with Crippen molar-refractivity contribution < 1.29 is 4.79 Å². The third-order valence-corrected chi connectivity index (χ3v) is 2.74. The summed E-state index contributed by atoms with van der Waals surface area (Å²) in [5.41, 5.74) is 1.20. The van der Waals surface area contributed by atoms with Crippen molar-refractivity contribution in [1.82, 2.24) is 20.5 Å². The Morgan fingerprint density at radius 3 is 2.72 bits per heavy atom. The van der Waals surface area contributed by atoms with Gasteiger partial charge in [0.25, 0.3) is 5.91 Å². The van der Waals surface area contributed by atoms with E-state index in [0.717, 1.165) is 0 Å². The Morgan fingerprint density at radius 1 is 1.39 bits per heavy atom. The van der Waals surface area contributed by atoms with Gasteiger partial charge in [-0.1, -0.05) is 37.3 Å². The minimum absolute atomic E-state index is 0.188. The van der Waals surface area contributed by atoms with Crippen LogP contribution in [-0.2, 0) is 0 Å². The van der Waals surface area contributed by atoms with Gasteiger partial charge in [-0.3, -0.25) is 9.89 Å². The van der Waals surface area contributed by atoms with E-state index in [0.29, 0.717) is 12.4 Å². The van der Waals surface area contributed by atoms with Gasteiger partial charge >= 0.3 is 0 Å². The molecule has 0 bridgehead atoms. The first kappa shape index (κ1) is 12.3. The van der Waals surface area contributed by atoms with Crippen LogP contribution < -0.4 is 5.32 Å². The Morgan fingerprint density at radius 2 is 2.11 bits per heavy atom. The summed E-state index contributed by atoms with van der Waals surface area (Å²) in [6, 6.07) is 10.1. The molecule has 0 saturated carbocycles. The maximum Gasteiger partial charge on any atom is 0.290 e. The van der Waals surface area contributed by atoms with Gasteiger partial charge in [0.1, 0.15) is 5.82 Å². The van der Waals surface area contributed by atoms with Crippen molar-refractivity contribution in [3.05, 3.63) is 47.5 Å². The van der Waals surface area contributed by atoms with Crippen LogP contribution in [0.15, 0.2) is 30.3 Å². The fourth-order valence-electron chi connectivity index (χ4n) is 1.67. The number of carbonyl (C=O) groups is 1. The number of hydrogen-bond acceptors (Lipinski definition) is 3. The van der Waals surface area contributed by atoms with E-state index in [2.05, 4.69) is 27.4 Å². The molecule has 5 nitrogen and oxygen atoms in total. The van der Waals surface area contributed by atoms with Crippen LogP contribution in [0.1, 0.15) is 34.8 Å². The predicted molar refractivity (Wildman–Crippen MR) is 68.3 cm³/mol. The molecule has 0 saturated heterocycles. The predicted octanol–water partition coefficient (Wildman–Crippen LogP) is 1.65. The van der Waals surface area contributed by atoms with Gasteiger partial charge in [0, 0.05) is 6.54 Å². The number of rotatable bonds is 4. The molecule has 0 spiro atoms. The van der Waals surface area contributed by atoms with Gasteiger partial charge in [-0.05, 0) is 18.4 Å². The molecule has 2 aromatic rings. The van der Waals surface area contributed by atoms with Gasteiger partial charge in [0.2, 0.25) is 5.82 Å². The zero-order valence-corrected chi connectivity index (χ0v) is 10.5. The Hall–Kier alpha value is -2.17. The lowest BCUT2D eigenvalue weighted by atomic mass is 10.0. The molecule has 1 amide bonds. The fourth-order valence-corrected chi connectivity index (χ4v) is 1.67. The van der Waals surface area contributed by atoms with Crippen LogP contribution in [0.25, 0.3) is 0 Å². The maximum atomic E-state index is 11.7. The van der Waals surface area contributed by atoms with E-state index in [4.69, 9.17) is 0 Å². The smallest absolute Gasteiger partial charge is 0.290 e. The highest BCUT2D eigenvalue weighted by Gasteiger charge is 2.12. The zero-order chi connectivity index (χ0) is 13.0. The van der Waals surface area contributed by atoms with Crippen LogP contribution >= 0.6 is 0 Å². The van der Waals surface area contributed by atoms with Crippen LogP contribution in [0.2, 0.25) is 0 Å². The molecular weight excluding hydrogens is 228 g/mol. The summed E-state index contributed by atoms with van der Waals surface area (Å²) in [7, 11) is 0. The van der Waals surface area contributed by atoms with Crippen molar-refractivity contribution in [3.8, 4) is 0 Å². The largest absolute Gasteiger partial charge is 0.349 e. The van der Waals surface area contributed by atoms with Crippen LogP contribution in [0.4, 0.5) is 0 Å². The van der Waals surface area contributed by atoms with Gasteiger partial charge in [-0.2, -0.15) is 0 Å². The fraction of sp³-hybridized carbons (Fsp3) is 0.308. The van der Waals surface area contributed by atoms with Crippen molar-refractivity contribution in [2.75, 3.05) is 6.54 Å². The molecule has 18 heavy (non-hydrogen) atoms. The van der Waals surface area contributed by atoms with E-state index in [9.17, 15) is 4.79 Å². The molecule has 1 aromatic heterocycles. The molecule has 1 heterocycles. The van der Waals surface area contributed by atoms with E-state index < -0.39 is 0 Å². The van der Waals surface area contributed by atoms with Crippen molar-refractivity contribution in [2.45, 2.75) is 19.8 Å². The molecule has 0 aliphatic carbocycles. The Kier molecular flexibility index (Phi) is 3.72. The summed E-state index contributed by atoms with van der Waals surface area (Å²) in [5.74, 6) is 0.835. The topological polar surface area (TPSA) is 70.7 Å². The van der Waals surface area contributed by atoms with Gasteiger partial charge in [0.05, 0.1) is 0 Å². The number of hydrogen-bond donors (Lipinski definition) is 2. The lowest BCUT2D eigenvalue weighted by Gasteiger charge is -2.11. The number of nitrogens with zero attached hydrogens (tertiary/aromatic N) is 2. The average molecular weight is 244 g/mol. The minimum atomic E-state index is -0.248. The van der Waals surface area contributed by atoms with E-state index in [-0.39, 0.29) is 17.6 Å². The summed E-state index contributed by atoms with van der Waals surface area (Å²) in [6.07, 6.45) is 0. The SMILES string of the molecule is Cc1nc(C(=O)NCC(C)c2ccccc2)n[nH]1.